The Morgan fingerprint density at radius 3 is 2.58 bits per heavy atom. The molecule has 0 spiro atoms. The maximum atomic E-state index is 13.5. The average molecular weight is 454 g/mol. The first kappa shape index (κ1) is 20.2. The van der Waals surface area contributed by atoms with Gasteiger partial charge in [-0.05, 0) is 31.0 Å². The molecule has 3 N–H and O–H groups in total. The van der Waals surface area contributed by atoms with E-state index in [9.17, 15) is 22.8 Å². The molecule has 164 valence electrons. The number of urea groups is 1. The van der Waals surface area contributed by atoms with E-state index in [1.165, 1.54) is 23.1 Å². The molecule has 2 aliphatic carbocycles. The second kappa shape index (κ2) is 6.88. The van der Waals surface area contributed by atoms with Crippen molar-refractivity contribution in [1.29, 1.82) is 0 Å². The van der Waals surface area contributed by atoms with E-state index in [-0.39, 0.29) is 47.7 Å². The lowest BCUT2D eigenvalue weighted by Gasteiger charge is -2.30. The minimum Gasteiger partial charge on any atom is -0.365 e. The van der Waals surface area contributed by atoms with Crippen molar-refractivity contribution in [2.45, 2.75) is 37.9 Å². The predicted octanol–water partition coefficient (Wildman–Crippen LogP) is 3.01. The van der Waals surface area contributed by atoms with Crippen molar-refractivity contribution in [3.8, 4) is 11.3 Å². The first-order chi connectivity index (χ1) is 14.7. The van der Waals surface area contributed by atoms with E-state index >= 15 is 0 Å². The summed E-state index contributed by atoms with van der Waals surface area (Å²) in [6, 6.07) is 3.35. The number of benzene rings is 1. The van der Waals surface area contributed by atoms with Gasteiger partial charge in [0.1, 0.15) is 11.5 Å². The Bertz CT molecular complexity index is 1090. The summed E-state index contributed by atoms with van der Waals surface area (Å²) in [6.07, 6.45) is 0.550. The van der Waals surface area contributed by atoms with Crippen molar-refractivity contribution >= 4 is 23.5 Å². The van der Waals surface area contributed by atoms with Gasteiger partial charge < -0.3 is 16.0 Å². The van der Waals surface area contributed by atoms with Crippen LogP contribution in [-0.2, 0) is 13.1 Å². The van der Waals surface area contributed by atoms with Gasteiger partial charge in [0.05, 0.1) is 29.4 Å². The molecule has 3 aliphatic rings. The number of primary amides is 1. The van der Waals surface area contributed by atoms with Crippen molar-refractivity contribution < 1.29 is 22.8 Å². The fourth-order valence-electron chi connectivity index (χ4n) is 4.79. The third-order valence-corrected chi connectivity index (χ3v) is 6.77. The number of halogens is 4. The summed E-state index contributed by atoms with van der Waals surface area (Å²) >= 11 is 5.87. The van der Waals surface area contributed by atoms with E-state index in [0.29, 0.717) is 24.3 Å². The fraction of sp³-hybridized carbons (Fsp3) is 0.450. The van der Waals surface area contributed by atoms with E-state index in [4.69, 9.17) is 17.3 Å². The number of carbonyl (C=O) groups is 2. The number of nitrogens with one attached hydrogen (secondary N) is 1. The van der Waals surface area contributed by atoms with Crippen LogP contribution in [0.4, 0.5) is 18.0 Å². The summed E-state index contributed by atoms with van der Waals surface area (Å²) < 4.78 is 41.9. The molecule has 5 rings (SSSR count). The Morgan fingerprint density at radius 1 is 1.23 bits per heavy atom. The van der Waals surface area contributed by atoms with Crippen LogP contribution in [0.1, 0.15) is 28.9 Å². The Morgan fingerprint density at radius 2 is 1.94 bits per heavy atom. The molecule has 0 unspecified atom stereocenters. The standard InChI is InChI=1S/C20H19ClF3N5O2/c21-13-5-9(1-2-14(13)22)17-16(18(25)30)15-8-28(3-4-29(15)27-17)19(31)26-10-6-11-12(7-10)20(11,23)24/h1-2,5,10-12H,3-4,6-8H2,(H2,25,30)(H,26,31)/t10-,11+,12-. The normalized spacial score (nSPS) is 25.7. The zero-order valence-corrected chi connectivity index (χ0v) is 17.0. The number of hydrogen-bond donors (Lipinski definition) is 2. The summed E-state index contributed by atoms with van der Waals surface area (Å²) in [5.74, 6) is -5.17. The average Bonchev–Trinajstić information content (AvgIpc) is 3.11. The van der Waals surface area contributed by atoms with Crippen LogP contribution in [-0.4, -0.2) is 45.1 Å². The molecule has 31 heavy (non-hydrogen) atoms. The molecule has 2 heterocycles. The molecule has 2 saturated carbocycles. The van der Waals surface area contributed by atoms with Gasteiger partial charge in [-0.25, -0.2) is 18.0 Å². The molecule has 0 radical (unpaired) electrons. The predicted molar refractivity (Wildman–Crippen MR) is 105 cm³/mol. The molecule has 0 saturated heterocycles. The highest BCUT2D eigenvalue weighted by atomic mass is 35.5. The third-order valence-electron chi connectivity index (χ3n) is 6.48. The van der Waals surface area contributed by atoms with Crippen molar-refractivity contribution in [3.05, 3.63) is 40.3 Å². The van der Waals surface area contributed by atoms with Crippen LogP contribution < -0.4 is 11.1 Å². The summed E-state index contributed by atoms with van der Waals surface area (Å²) in [4.78, 5) is 26.4. The van der Waals surface area contributed by atoms with Gasteiger partial charge in [0.15, 0.2) is 0 Å². The molecule has 0 bridgehead atoms. The highest BCUT2D eigenvalue weighted by Gasteiger charge is 2.71. The number of nitrogens with two attached hydrogens (primary N) is 1. The summed E-state index contributed by atoms with van der Waals surface area (Å²) in [6.45, 7) is 0.742. The quantitative estimate of drug-likeness (QED) is 0.748. The maximum absolute atomic E-state index is 13.5. The summed E-state index contributed by atoms with van der Waals surface area (Å²) in [7, 11) is 0. The molecule has 7 nitrogen and oxygen atoms in total. The largest absolute Gasteiger partial charge is 0.365 e. The van der Waals surface area contributed by atoms with Crippen molar-refractivity contribution in [1.82, 2.24) is 20.0 Å². The minimum atomic E-state index is -2.59. The summed E-state index contributed by atoms with van der Waals surface area (Å²) in [5.41, 5.74) is 6.90. The van der Waals surface area contributed by atoms with Crippen molar-refractivity contribution in [2.24, 2.45) is 17.6 Å². The van der Waals surface area contributed by atoms with Crippen LogP contribution >= 0.6 is 11.6 Å². The van der Waals surface area contributed by atoms with Crippen LogP contribution in [0, 0.1) is 17.7 Å². The Hall–Kier alpha value is -2.75. The van der Waals surface area contributed by atoms with Crippen LogP contribution in [0.2, 0.25) is 5.02 Å². The molecule has 1 aromatic heterocycles. The third kappa shape index (κ3) is 3.24. The number of aromatic nitrogens is 2. The van der Waals surface area contributed by atoms with Gasteiger partial charge in [0.25, 0.3) is 11.8 Å². The Kier molecular flexibility index (Phi) is 4.47. The zero-order valence-electron chi connectivity index (χ0n) is 16.2. The van der Waals surface area contributed by atoms with Crippen molar-refractivity contribution in [3.63, 3.8) is 0 Å². The number of alkyl halides is 2. The van der Waals surface area contributed by atoms with E-state index in [1.54, 1.807) is 4.68 Å². The number of fused-ring (bicyclic) bond motifs is 2. The number of rotatable bonds is 3. The van der Waals surface area contributed by atoms with Gasteiger partial charge in [-0.2, -0.15) is 5.10 Å². The van der Waals surface area contributed by atoms with E-state index in [1.807, 2.05) is 0 Å². The molecule has 3 atom stereocenters. The number of amides is 3. The van der Waals surface area contributed by atoms with E-state index in [2.05, 4.69) is 10.4 Å². The molecular formula is C20H19ClF3N5O2. The number of nitrogens with zero attached hydrogens (tertiary/aromatic N) is 3. The summed E-state index contributed by atoms with van der Waals surface area (Å²) in [5, 5.41) is 7.15. The second-order valence-corrected chi connectivity index (χ2v) is 8.72. The molecular weight excluding hydrogens is 435 g/mol. The van der Waals surface area contributed by atoms with Gasteiger partial charge in [-0.3, -0.25) is 9.48 Å². The van der Waals surface area contributed by atoms with Crippen LogP contribution in [0.25, 0.3) is 11.3 Å². The number of carbonyl (C=O) groups excluding carboxylic acids is 2. The SMILES string of the molecule is NC(=O)c1c(-c2ccc(F)c(Cl)c2)nn2c1CN(C(=O)N[C@H]1C[C@@H]3[C@H](C1)C3(F)F)CC2. The lowest BCUT2D eigenvalue weighted by molar-refractivity contribution is 0.0672. The molecule has 2 fully saturated rings. The van der Waals surface area contributed by atoms with E-state index < -0.39 is 29.5 Å². The first-order valence-corrected chi connectivity index (χ1v) is 10.3. The maximum Gasteiger partial charge on any atom is 0.318 e. The second-order valence-electron chi connectivity index (χ2n) is 8.31. The van der Waals surface area contributed by atoms with Crippen LogP contribution in [0.3, 0.4) is 0 Å². The zero-order chi connectivity index (χ0) is 22.1. The van der Waals surface area contributed by atoms with Crippen molar-refractivity contribution in [2.75, 3.05) is 6.54 Å². The van der Waals surface area contributed by atoms with Gasteiger partial charge >= 0.3 is 6.03 Å². The van der Waals surface area contributed by atoms with Gasteiger partial charge in [0.2, 0.25) is 0 Å². The van der Waals surface area contributed by atoms with Gasteiger partial charge in [0, 0.05) is 30.0 Å². The highest BCUT2D eigenvalue weighted by molar-refractivity contribution is 6.31. The van der Waals surface area contributed by atoms with Crippen LogP contribution in [0.5, 0.6) is 0 Å². The van der Waals surface area contributed by atoms with Crippen LogP contribution in [0.15, 0.2) is 18.2 Å². The topological polar surface area (TPSA) is 93.2 Å². The molecule has 1 aliphatic heterocycles. The van der Waals surface area contributed by atoms with E-state index in [0.717, 1.165) is 0 Å². The minimum absolute atomic E-state index is 0.0851. The fourth-order valence-corrected chi connectivity index (χ4v) is 4.97. The Labute approximate surface area is 180 Å². The number of hydrogen-bond acceptors (Lipinski definition) is 3. The smallest absolute Gasteiger partial charge is 0.318 e. The van der Waals surface area contributed by atoms with Gasteiger partial charge in [-0.15, -0.1) is 0 Å². The van der Waals surface area contributed by atoms with Gasteiger partial charge in [-0.1, -0.05) is 11.6 Å². The lowest BCUT2D eigenvalue weighted by Crippen LogP contribution is -2.48. The monoisotopic (exact) mass is 453 g/mol. The first-order valence-electron chi connectivity index (χ1n) is 9.95. The Balaban J connectivity index is 1.35. The lowest BCUT2D eigenvalue weighted by atomic mass is 10.0. The molecule has 11 heteroatoms. The molecule has 1 aromatic carbocycles. The molecule has 3 amide bonds. The highest BCUT2D eigenvalue weighted by Crippen LogP contribution is 2.64. The molecule has 2 aromatic rings.